The Kier molecular flexibility index (Phi) is 3.91. The molecule has 4 aliphatic rings. The molecular weight excluding hydrogens is 316 g/mol. The zero-order valence-corrected chi connectivity index (χ0v) is 15.6. The summed E-state index contributed by atoms with van der Waals surface area (Å²) < 4.78 is 5.48. The van der Waals surface area contributed by atoms with Crippen LogP contribution in [-0.4, -0.2) is 29.1 Å². The fourth-order valence-corrected chi connectivity index (χ4v) is 6.75. The van der Waals surface area contributed by atoms with Crippen LogP contribution in [0, 0.1) is 28.6 Å². The minimum atomic E-state index is -0.758. The molecule has 0 amide bonds. The highest BCUT2D eigenvalue weighted by Crippen LogP contribution is 2.64. The van der Waals surface area contributed by atoms with Gasteiger partial charge in [0.15, 0.2) is 5.78 Å². The number of ether oxygens (including phenoxy) is 1. The number of hydrogen-bond acceptors (Lipinski definition) is 4. The lowest BCUT2D eigenvalue weighted by molar-refractivity contribution is -0.148. The van der Waals surface area contributed by atoms with Crippen LogP contribution in [0.4, 0.5) is 0 Å². The second kappa shape index (κ2) is 5.67. The molecule has 0 saturated heterocycles. The molecule has 25 heavy (non-hydrogen) atoms. The van der Waals surface area contributed by atoms with E-state index in [0.29, 0.717) is 24.2 Å². The van der Waals surface area contributed by atoms with E-state index < -0.39 is 6.10 Å². The Labute approximate surface area is 150 Å². The third-order valence-electron chi connectivity index (χ3n) is 8.12. The van der Waals surface area contributed by atoms with E-state index in [1.54, 1.807) is 0 Å². The van der Waals surface area contributed by atoms with Crippen molar-refractivity contribution in [1.82, 2.24) is 0 Å². The molecule has 138 valence electrons. The molecule has 4 rings (SSSR count). The first-order valence-electron chi connectivity index (χ1n) is 9.85. The normalized spacial score (nSPS) is 48.9. The second-order valence-corrected chi connectivity index (χ2v) is 9.31. The molecule has 0 aromatic heterocycles. The average molecular weight is 346 g/mol. The third-order valence-corrected chi connectivity index (χ3v) is 8.12. The molecule has 0 radical (unpaired) electrons. The Morgan fingerprint density at radius 3 is 2.64 bits per heavy atom. The van der Waals surface area contributed by atoms with E-state index in [-0.39, 0.29) is 28.7 Å². The zero-order chi connectivity index (χ0) is 18.0. The van der Waals surface area contributed by atoms with Crippen LogP contribution in [0.15, 0.2) is 11.6 Å². The van der Waals surface area contributed by atoms with Crippen molar-refractivity contribution in [2.45, 2.75) is 77.9 Å². The van der Waals surface area contributed by atoms with E-state index in [9.17, 15) is 14.7 Å². The summed E-state index contributed by atoms with van der Waals surface area (Å²) in [6, 6.07) is 0. The number of hydrogen-bond donors (Lipinski definition) is 1. The van der Waals surface area contributed by atoms with Gasteiger partial charge in [-0.2, -0.15) is 0 Å². The molecule has 0 spiro atoms. The van der Waals surface area contributed by atoms with Gasteiger partial charge in [0.1, 0.15) is 12.2 Å². The van der Waals surface area contributed by atoms with Crippen LogP contribution in [0.5, 0.6) is 0 Å². The number of carbonyl (C=O) groups is 2. The van der Waals surface area contributed by atoms with Gasteiger partial charge in [0.05, 0.1) is 0 Å². The summed E-state index contributed by atoms with van der Waals surface area (Å²) in [5, 5.41) is 10.2. The van der Waals surface area contributed by atoms with E-state index in [4.69, 9.17) is 4.74 Å². The topological polar surface area (TPSA) is 63.6 Å². The summed E-state index contributed by atoms with van der Waals surface area (Å²) in [6.45, 7) is 5.96. The van der Waals surface area contributed by atoms with Gasteiger partial charge in [-0.3, -0.25) is 9.59 Å². The highest BCUT2D eigenvalue weighted by Gasteiger charge is 2.61. The van der Waals surface area contributed by atoms with Crippen LogP contribution in [0.1, 0.15) is 65.7 Å². The summed E-state index contributed by atoms with van der Waals surface area (Å²) >= 11 is 0. The third kappa shape index (κ3) is 2.43. The standard InChI is InChI=1S/C21H30O4/c1-12(22)25-14-6-8-20(2)13(10-14)4-5-15-16(20)7-9-21(3)17(15)11-18(23)19(21)24/h4,14-18,23H,5-11H2,1-3H3/t14-,15-,16+,17+,18-,20+,21+/m1/s1. The maximum atomic E-state index is 12.5. The average Bonchev–Trinajstić information content (AvgIpc) is 2.78. The SMILES string of the molecule is CC(=O)O[C@@H]1CC[C@@]2(C)C(=CC[C@@H]3[C@@H]2CC[C@]2(C)C(=O)[C@H](O)C[C@@H]32)C1. The minimum absolute atomic E-state index is 0.0251. The Morgan fingerprint density at radius 2 is 1.92 bits per heavy atom. The van der Waals surface area contributed by atoms with Crippen LogP contribution in [0.2, 0.25) is 0 Å². The quantitative estimate of drug-likeness (QED) is 0.584. The molecule has 4 heteroatoms. The van der Waals surface area contributed by atoms with Gasteiger partial charge in [0.25, 0.3) is 0 Å². The van der Waals surface area contributed by atoms with Gasteiger partial charge in [-0.1, -0.05) is 25.5 Å². The molecule has 3 saturated carbocycles. The molecule has 0 bridgehead atoms. The number of aliphatic hydroxyl groups excluding tert-OH is 1. The number of esters is 1. The van der Waals surface area contributed by atoms with Gasteiger partial charge in [-0.05, 0) is 61.7 Å². The summed E-state index contributed by atoms with van der Waals surface area (Å²) in [5.74, 6) is 1.29. The van der Waals surface area contributed by atoms with Gasteiger partial charge in [-0.15, -0.1) is 0 Å². The molecule has 4 aliphatic carbocycles. The van der Waals surface area contributed by atoms with Gasteiger partial charge in [0, 0.05) is 18.8 Å². The first-order valence-corrected chi connectivity index (χ1v) is 9.85. The summed E-state index contributed by atoms with van der Waals surface area (Å²) in [7, 11) is 0. The molecule has 0 aromatic carbocycles. The molecule has 0 aliphatic heterocycles. The minimum Gasteiger partial charge on any atom is -0.462 e. The monoisotopic (exact) mass is 346 g/mol. The number of Topliss-reactive ketones (excluding diaryl/α,β-unsaturated/α-hetero) is 1. The highest BCUT2D eigenvalue weighted by atomic mass is 16.5. The Morgan fingerprint density at radius 1 is 1.20 bits per heavy atom. The van der Waals surface area contributed by atoms with Gasteiger partial charge >= 0.3 is 5.97 Å². The molecule has 0 unspecified atom stereocenters. The van der Waals surface area contributed by atoms with Crippen molar-refractivity contribution < 1.29 is 19.4 Å². The molecule has 3 fully saturated rings. The van der Waals surface area contributed by atoms with E-state index in [0.717, 1.165) is 38.5 Å². The van der Waals surface area contributed by atoms with Crippen molar-refractivity contribution in [1.29, 1.82) is 0 Å². The summed E-state index contributed by atoms with van der Waals surface area (Å²) in [4.78, 5) is 23.8. The smallest absolute Gasteiger partial charge is 0.302 e. The Bertz CT molecular complexity index is 638. The molecule has 4 nitrogen and oxygen atoms in total. The lowest BCUT2D eigenvalue weighted by Gasteiger charge is -2.56. The number of ketones is 1. The summed E-state index contributed by atoms with van der Waals surface area (Å²) in [5.41, 5.74) is 1.30. The maximum absolute atomic E-state index is 12.5. The van der Waals surface area contributed by atoms with Crippen LogP contribution in [0.3, 0.4) is 0 Å². The molecule has 0 aromatic rings. The van der Waals surface area contributed by atoms with Crippen molar-refractivity contribution in [3.8, 4) is 0 Å². The van der Waals surface area contributed by atoms with Crippen molar-refractivity contribution in [2.75, 3.05) is 0 Å². The Balaban J connectivity index is 1.61. The first kappa shape index (κ1) is 17.3. The van der Waals surface area contributed by atoms with Crippen molar-refractivity contribution in [3.05, 3.63) is 11.6 Å². The predicted octanol–water partition coefficient (Wildman–Crippen LogP) is 3.42. The van der Waals surface area contributed by atoms with Crippen molar-refractivity contribution >= 4 is 11.8 Å². The van der Waals surface area contributed by atoms with E-state index in [1.165, 1.54) is 12.5 Å². The largest absolute Gasteiger partial charge is 0.462 e. The number of aliphatic hydroxyl groups is 1. The Hall–Kier alpha value is -1.16. The second-order valence-electron chi connectivity index (χ2n) is 9.31. The maximum Gasteiger partial charge on any atom is 0.302 e. The lowest BCUT2D eigenvalue weighted by Crippen LogP contribution is -2.50. The predicted molar refractivity (Wildman–Crippen MR) is 93.7 cm³/mol. The summed E-state index contributed by atoms with van der Waals surface area (Å²) in [6.07, 6.45) is 8.11. The van der Waals surface area contributed by atoms with Gasteiger partial charge < -0.3 is 9.84 Å². The number of allylic oxidation sites excluding steroid dienone is 1. The van der Waals surface area contributed by atoms with Crippen LogP contribution >= 0.6 is 0 Å². The fourth-order valence-electron chi connectivity index (χ4n) is 6.75. The number of rotatable bonds is 1. The lowest BCUT2D eigenvalue weighted by atomic mass is 9.48. The van der Waals surface area contributed by atoms with Crippen LogP contribution in [0.25, 0.3) is 0 Å². The van der Waals surface area contributed by atoms with Gasteiger partial charge in [0.2, 0.25) is 0 Å². The van der Waals surface area contributed by atoms with E-state index >= 15 is 0 Å². The van der Waals surface area contributed by atoms with Crippen LogP contribution < -0.4 is 0 Å². The van der Waals surface area contributed by atoms with Crippen LogP contribution in [-0.2, 0) is 14.3 Å². The van der Waals surface area contributed by atoms with Crippen molar-refractivity contribution in [3.63, 3.8) is 0 Å². The zero-order valence-electron chi connectivity index (χ0n) is 15.6. The van der Waals surface area contributed by atoms with E-state index in [1.807, 2.05) is 0 Å². The van der Waals surface area contributed by atoms with Crippen molar-refractivity contribution in [2.24, 2.45) is 28.6 Å². The number of carbonyl (C=O) groups excluding carboxylic acids is 2. The number of fused-ring (bicyclic) bond motifs is 5. The van der Waals surface area contributed by atoms with Gasteiger partial charge in [-0.25, -0.2) is 0 Å². The first-order chi connectivity index (χ1) is 11.8. The molecule has 1 N–H and O–H groups in total. The molecule has 0 heterocycles. The highest BCUT2D eigenvalue weighted by molar-refractivity contribution is 5.91. The van der Waals surface area contributed by atoms with E-state index in [2.05, 4.69) is 19.9 Å². The molecular formula is C21H30O4. The fraction of sp³-hybridized carbons (Fsp3) is 0.810. The molecule has 7 atom stereocenters.